The first-order chi connectivity index (χ1) is 27.1. The maximum Gasteiger partial charge on any atom is 0.509 e. The number of methoxy groups -OCH3 is 2. The van der Waals surface area contributed by atoms with E-state index in [-0.39, 0.29) is 25.7 Å². The van der Waals surface area contributed by atoms with Crippen molar-refractivity contribution < 1.29 is 57.3 Å². The largest absolute Gasteiger partial charge is 0.509 e. The molecular weight excluding hydrogens is 720 g/mol. The van der Waals surface area contributed by atoms with Crippen molar-refractivity contribution in [3.05, 3.63) is 108 Å². The Labute approximate surface area is 325 Å². The Hall–Kier alpha value is -4.01. The molecule has 0 radical (unpaired) electrons. The average molecular weight is 769 g/mol. The van der Waals surface area contributed by atoms with Crippen molar-refractivity contribution in [2.45, 2.75) is 92.7 Å². The molecule has 2 aliphatic carbocycles. The van der Waals surface area contributed by atoms with Crippen molar-refractivity contribution in [1.82, 2.24) is 0 Å². The Bertz CT molecular complexity index is 1990. The molecule has 1 N–H and O–H groups in total. The molecule has 2 saturated carbocycles. The number of carbonyl (C=O) groups is 1. The van der Waals surface area contributed by atoms with Crippen molar-refractivity contribution >= 4 is 6.16 Å². The van der Waals surface area contributed by atoms with Crippen LogP contribution in [0.5, 0.6) is 11.5 Å². The monoisotopic (exact) mass is 768 g/mol. The third-order valence-electron chi connectivity index (χ3n) is 13.9. The standard InChI is InChI=1S/C44H48O12/c1-24(2)42(46)35(49-21-26-9-7-6-8-10-26)31-20-41-23-51-38(28-13-17-30(48-5)18-14-28)54-39(41)44-33(19-25(3)34(44)53-40(45)55-44)43(31,56-41)32-22-50-37(52-36(32)42)27-11-15-29(47-4)16-12-27/h6-18,25,31-39,46H,1,19-23H2,2-5H3/t25-,31-,32+,33-,34-,35+,36+,37+,38+,39+,41+,42+,43-,44+/m0/s1. The summed E-state index contributed by atoms with van der Waals surface area (Å²) in [6, 6.07) is 24.9. The zero-order valence-electron chi connectivity index (χ0n) is 32.0. The average Bonchev–Trinajstić information content (AvgIpc) is 3.83. The fourth-order valence-corrected chi connectivity index (χ4v) is 11.6. The number of carbonyl (C=O) groups excluding carboxylic acids is 1. The van der Waals surface area contributed by atoms with Crippen LogP contribution in [0.2, 0.25) is 0 Å². The number of hydrogen-bond donors (Lipinski definition) is 1. The Kier molecular flexibility index (Phi) is 8.44. The van der Waals surface area contributed by atoms with E-state index in [4.69, 9.17) is 47.4 Å². The van der Waals surface area contributed by atoms with Gasteiger partial charge in [0.05, 0.1) is 45.7 Å². The molecule has 56 heavy (non-hydrogen) atoms. The summed E-state index contributed by atoms with van der Waals surface area (Å²) in [6.45, 7) is 8.82. The van der Waals surface area contributed by atoms with Gasteiger partial charge in [0.1, 0.15) is 34.9 Å². The molecule has 12 nitrogen and oxygen atoms in total. The van der Waals surface area contributed by atoms with E-state index in [0.29, 0.717) is 29.9 Å². The summed E-state index contributed by atoms with van der Waals surface area (Å²) < 4.78 is 65.5. The van der Waals surface area contributed by atoms with E-state index >= 15 is 0 Å². The van der Waals surface area contributed by atoms with E-state index in [0.717, 1.165) is 16.7 Å². The van der Waals surface area contributed by atoms with Crippen LogP contribution in [0.1, 0.15) is 56.0 Å². The predicted octanol–water partition coefficient (Wildman–Crippen LogP) is 6.21. The SMILES string of the molecule is C=C(C)[C@]1(O)[C@@H]2O[C@H](c3ccc(OC)cc3)OC[C@H]2[C@]23O[C@@]4(CO[C@@H](c5ccc(OC)cc5)O[C@H]4[C@]45OC(=O)O[C@H]4[C@@H](C)C[C@@H]25)C[C@H]3[C@H]1OCc1ccccc1. The van der Waals surface area contributed by atoms with Crippen LogP contribution in [0.25, 0.3) is 0 Å². The molecule has 5 heterocycles. The molecule has 296 valence electrons. The van der Waals surface area contributed by atoms with Crippen LogP contribution in [-0.2, 0) is 44.5 Å². The number of aliphatic hydroxyl groups is 1. The first kappa shape index (κ1) is 36.3. The molecule has 3 spiro atoms. The smallest absolute Gasteiger partial charge is 0.497 e. The van der Waals surface area contributed by atoms with E-state index in [1.54, 1.807) is 14.2 Å². The lowest BCUT2D eigenvalue weighted by Crippen LogP contribution is -2.80. The third-order valence-corrected chi connectivity index (χ3v) is 13.9. The van der Waals surface area contributed by atoms with Crippen LogP contribution >= 0.6 is 0 Å². The summed E-state index contributed by atoms with van der Waals surface area (Å²) in [5.74, 6) is -0.151. The minimum atomic E-state index is -1.68. The summed E-state index contributed by atoms with van der Waals surface area (Å²) in [6.07, 6.45) is -4.49. The first-order valence-electron chi connectivity index (χ1n) is 19.5. The van der Waals surface area contributed by atoms with Crippen LogP contribution in [0.3, 0.4) is 0 Å². The van der Waals surface area contributed by atoms with Gasteiger partial charge in [-0.05, 0) is 61.1 Å². The second-order valence-corrected chi connectivity index (χ2v) is 16.7. The minimum absolute atomic E-state index is 0.103. The maximum absolute atomic E-state index is 13.5. The summed E-state index contributed by atoms with van der Waals surface area (Å²) in [5, 5.41) is 13.4. The van der Waals surface area contributed by atoms with E-state index in [2.05, 4.69) is 13.5 Å². The lowest BCUT2D eigenvalue weighted by molar-refractivity contribution is -0.413. The molecule has 0 aromatic heterocycles. The highest BCUT2D eigenvalue weighted by molar-refractivity contribution is 5.65. The van der Waals surface area contributed by atoms with Crippen LogP contribution < -0.4 is 9.47 Å². The van der Waals surface area contributed by atoms with Gasteiger partial charge in [0.2, 0.25) is 0 Å². The van der Waals surface area contributed by atoms with Crippen molar-refractivity contribution in [1.29, 1.82) is 0 Å². The molecule has 3 aromatic rings. The van der Waals surface area contributed by atoms with Crippen molar-refractivity contribution in [3.63, 3.8) is 0 Å². The van der Waals surface area contributed by atoms with E-state index in [1.165, 1.54) is 0 Å². The predicted molar refractivity (Wildman–Crippen MR) is 197 cm³/mol. The molecule has 2 bridgehead atoms. The molecule has 7 fully saturated rings. The summed E-state index contributed by atoms with van der Waals surface area (Å²) >= 11 is 0. The lowest BCUT2D eigenvalue weighted by Gasteiger charge is -2.65. The van der Waals surface area contributed by atoms with Gasteiger partial charge < -0.3 is 52.5 Å². The van der Waals surface area contributed by atoms with Gasteiger partial charge in [0.15, 0.2) is 24.3 Å². The molecule has 3 aromatic carbocycles. The van der Waals surface area contributed by atoms with Crippen LogP contribution in [-0.4, -0.2) is 85.5 Å². The third kappa shape index (κ3) is 4.93. The molecule has 10 rings (SSSR count). The molecule has 5 aliphatic heterocycles. The van der Waals surface area contributed by atoms with Gasteiger partial charge in [-0.2, -0.15) is 0 Å². The highest BCUT2D eigenvalue weighted by Gasteiger charge is 2.88. The topological polar surface area (TPSA) is 130 Å². The fraction of sp³-hybridized carbons (Fsp3) is 0.523. The van der Waals surface area contributed by atoms with E-state index < -0.39 is 83.3 Å². The quantitative estimate of drug-likeness (QED) is 0.207. The molecule has 5 saturated heterocycles. The number of fused-ring (bicyclic) bond motifs is 1. The van der Waals surface area contributed by atoms with Gasteiger partial charge in [0.25, 0.3) is 0 Å². The Morgan fingerprint density at radius 2 is 1.52 bits per heavy atom. The molecule has 0 unspecified atom stereocenters. The maximum atomic E-state index is 13.5. The van der Waals surface area contributed by atoms with Gasteiger partial charge in [-0.3, -0.25) is 0 Å². The van der Waals surface area contributed by atoms with Crippen molar-refractivity contribution in [2.24, 2.45) is 23.7 Å². The van der Waals surface area contributed by atoms with E-state index in [1.807, 2.05) is 85.8 Å². The zero-order valence-corrected chi connectivity index (χ0v) is 32.0. The second-order valence-electron chi connectivity index (χ2n) is 16.7. The normalized spacial score (nSPS) is 42.9. The molecule has 0 amide bonds. The van der Waals surface area contributed by atoms with Gasteiger partial charge in [0, 0.05) is 28.9 Å². The molecule has 12 heteroatoms. The number of hydrogen-bond acceptors (Lipinski definition) is 12. The molecule has 7 aliphatic rings. The summed E-state index contributed by atoms with van der Waals surface area (Å²) in [4.78, 5) is 13.5. The zero-order chi connectivity index (χ0) is 38.6. The summed E-state index contributed by atoms with van der Waals surface area (Å²) in [7, 11) is 3.24. The Balaban J connectivity index is 1.12. The Morgan fingerprint density at radius 3 is 2.16 bits per heavy atom. The van der Waals surface area contributed by atoms with Gasteiger partial charge in [-0.15, -0.1) is 0 Å². The lowest BCUT2D eigenvalue weighted by atomic mass is 9.52. The van der Waals surface area contributed by atoms with Gasteiger partial charge in [-0.1, -0.05) is 68.1 Å². The second kappa shape index (κ2) is 13.0. The van der Waals surface area contributed by atoms with Crippen LogP contribution in [0, 0.1) is 23.7 Å². The fourth-order valence-electron chi connectivity index (χ4n) is 11.6. The number of ether oxygens (including phenoxy) is 10. The number of rotatable bonds is 8. The highest BCUT2D eigenvalue weighted by Crippen LogP contribution is 2.74. The minimum Gasteiger partial charge on any atom is -0.497 e. The molecule has 14 atom stereocenters. The van der Waals surface area contributed by atoms with Crippen molar-refractivity contribution in [3.8, 4) is 11.5 Å². The summed E-state index contributed by atoms with van der Waals surface area (Å²) in [5.41, 5.74) is -2.12. The van der Waals surface area contributed by atoms with Crippen molar-refractivity contribution in [2.75, 3.05) is 27.4 Å². The van der Waals surface area contributed by atoms with E-state index in [9.17, 15) is 9.90 Å². The van der Waals surface area contributed by atoms with Gasteiger partial charge >= 0.3 is 6.16 Å². The number of benzene rings is 3. The van der Waals surface area contributed by atoms with Gasteiger partial charge in [-0.25, -0.2) is 4.79 Å². The molecular formula is C44H48O12. The highest BCUT2D eigenvalue weighted by atomic mass is 16.8. The first-order valence-corrected chi connectivity index (χ1v) is 19.5. The van der Waals surface area contributed by atoms with Crippen LogP contribution in [0.4, 0.5) is 4.79 Å². The Morgan fingerprint density at radius 1 is 0.857 bits per heavy atom. The van der Waals surface area contributed by atoms with Crippen LogP contribution in [0.15, 0.2) is 91.0 Å².